The van der Waals surface area contributed by atoms with Crippen molar-refractivity contribution in [3.63, 3.8) is 0 Å². The molecule has 0 bridgehead atoms. The average Bonchev–Trinajstić information content (AvgIpc) is 3.15. The third-order valence-electron chi connectivity index (χ3n) is 4.70. The topological polar surface area (TPSA) is 57.9 Å². The largest absolute Gasteiger partial charge is 0.375 e. The first kappa shape index (κ1) is 19.2. The number of fused-ring (bicyclic) bond motifs is 2. The van der Waals surface area contributed by atoms with Gasteiger partial charge in [-0.2, -0.15) is 0 Å². The average molecular weight is 412 g/mol. The van der Waals surface area contributed by atoms with E-state index < -0.39 is 5.79 Å². The Bertz CT molecular complexity index is 917. The van der Waals surface area contributed by atoms with Crippen molar-refractivity contribution < 1.29 is 14.2 Å². The molecule has 2 aromatic rings. The molecule has 27 heavy (non-hydrogen) atoms. The van der Waals surface area contributed by atoms with Crippen molar-refractivity contribution in [3.8, 4) is 0 Å². The normalized spacial score (nSPS) is 27.2. The maximum atomic E-state index is 6.22. The fourth-order valence-electron chi connectivity index (χ4n) is 3.64. The van der Waals surface area contributed by atoms with Crippen molar-refractivity contribution in [1.82, 2.24) is 14.6 Å². The number of halogens is 2. The van der Waals surface area contributed by atoms with Crippen LogP contribution in [0, 0.1) is 5.92 Å². The van der Waals surface area contributed by atoms with Crippen molar-refractivity contribution in [2.24, 2.45) is 5.92 Å². The lowest BCUT2D eigenvalue weighted by Gasteiger charge is -2.25. The molecule has 0 amide bonds. The minimum absolute atomic E-state index is 0.0735. The minimum Gasteiger partial charge on any atom is -0.375 e. The molecule has 0 unspecified atom stereocenters. The molecule has 146 valence electrons. The van der Waals surface area contributed by atoms with Crippen LogP contribution < -0.4 is 0 Å². The van der Waals surface area contributed by atoms with E-state index in [1.807, 2.05) is 46.8 Å². The molecule has 0 N–H and O–H groups in total. The van der Waals surface area contributed by atoms with Gasteiger partial charge < -0.3 is 14.2 Å². The molecule has 1 saturated heterocycles. The molecule has 6 nitrogen and oxygen atoms in total. The van der Waals surface area contributed by atoms with E-state index in [1.54, 1.807) is 4.52 Å². The molecule has 2 aliphatic rings. The lowest BCUT2D eigenvalue weighted by atomic mass is 10.1. The van der Waals surface area contributed by atoms with Crippen LogP contribution in [-0.4, -0.2) is 44.8 Å². The summed E-state index contributed by atoms with van der Waals surface area (Å²) >= 11 is 12.2. The highest BCUT2D eigenvalue weighted by molar-refractivity contribution is 6.34. The van der Waals surface area contributed by atoms with E-state index in [0.717, 1.165) is 11.3 Å². The third-order valence-corrected chi connectivity index (χ3v) is 5.13. The van der Waals surface area contributed by atoms with Crippen LogP contribution in [0.4, 0.5) is 0 Å². The first-order chi connectivity index (χ1) is 12.5. The predicted octanol–water partition coefficient (Wildman–Crippen LogP) is 4.38. The van der Waals surface area contributed by atoms with Crippen LogP contribution in [0.25, 0.3) is 11.1 Å². The van der Waals surface area contributed by atoms with Gasteiger partial charge in [0.2, 0.25) is 5.28 Å². The van der Waals surface area contributed by atoms with Crippen LogP contribution >= 0.6 is 23.2 Å². The molecule has 0 spiro atoms. The Morgan fingerprint density at radius 2 is 1.96 bits per heavy atom. The van der Waals surface area contributed by atoms with Crippen LogP contribution in [0.3, 0.4) is 0 Å². The van der Waals surface area contributed by atoms with E-state index in [9.17, 15) is 0 Å². The van der Waals surface area contributed by atoms with Crippen molar-refractivity contribution in [3.05, 3.63) is 34.3 Å². The predicted molar refractivity (Wildman–Crippen MR) is 104 cm³/mol. The summed E-state index contributed by atoms with van der Waals surface area (Å²) in [5, 5.41) is 4.73. The smallest absolute Gasteiger partial charge is 0.242 e. The second-order valence-corrected chi connectivity index (χ2v) is 9.11. The van der Waals surface area contributed by atoms with Gasteiger partial charge in [0.25, 0.3) is 0 Å². The summed E-state index contributed by atoms with van der Waals surface area (Å²) < 4.78 is 20.1. The molecule has 0 saturated carbocycles. The molecule has 8 heteroatoms. The summed E-state index contributed by atoms with van der Waals surface area (Å²) in [5.41, 5.74) is 2.34. The van der Waals surface area contributed by atoms with Crippen LogP contribution in [-0.2, 0) is 14.2 Å². The van der Waals surface area contributed by atoms with Gasteiger partial charge in [-0.1, -0.05) is 17.7 Å². The molecule has 1 aliphatic carbocycles. The van der Waals surface area contributed by atoms with Gasteiger partial charge >= 0.3 is 0 Å². The number of ether oxygens (including phenoxy) is 3. The number of hydrogen-bond donors (Lipinski definition) is 0. The molecule has 4 rings (SSSR count). The Labute approximate surface area is 168 Å². The number of aromatic nitrogens is 3. The molecule has 0 radical (unpaired) electrons. The van der Waals surface area contributed by atoms with Crippen molar-refractivity contribution >= 4 is 34.3 Å². The molecule has 0 aromatic carbocycles. The second-order valence-electron chi connectivity index (χ2n) is 8.42. The van der Waals surface area contributed by atoms with Gasteiger partial charge in [-0.15, -0.1) is 5.10 Å². The van der Waals surface area contributed by atoms with E-state index in [0.29, 0.717) is 17.3 Å². The summed E-state index contributed by atoms with van der Waals surface area (Å²) in [6.07, 6.45) is 1.83. The Balaban J connectivity index is 1.74. The number of nitrogens with zero attached hydrogens (tertiary/aromatic N) is 3. The quantitative estimate of drug-likeness (QED) is 0.749. The van der Waals surface area contributed by atoms with Gasteiger partial charge in [0, 0.05) is 11.5 Å². The molecular formula is C19H23Cl2N3O3. The highest BCUT2D eigenvalue weighted by atomic mass is 35.5. The van der Waals surface area contributed by atoms with E-state index in [2.05, 4.69) is 16.2 Å². The Morgan fingerprint density at radius 1 is 1.22 bits per heavy atom. The molecule has 2 aromatic heterocycles. The maximum Gasteiger partial charge on any atom is 0.242 e. The van der Waals surface area contributed by atoms with E-state index in [-0.39, 0.29) is 29.0 Å². The van der Waals surface area contributed by atoms with E-state index >= 15 is 0 Å². The van der Waals surface area contributed by atoms with Gasteiger partial charge in [0.1, 0.15) is 11.6 Å². The zero-order chi connectivity index (χ0) is 19.6. The van der Waals surface area contributed by atoms with Gasteiger partial charge in [-0.3, -0.25) is 0 Å². The van der Waals surface area contributed by atoms with Crippen molar-refractivity contribution in [2.45, 2.75) is 58.2 Å². The zero-order valence-corrected chi connectivity index (χ0v) is 17.5. The zero-order valence-electron chi connectivity index (χ0n) is 16.0. The number of rotatable bonds is 3. The lowest BCUT2D eigenvalue weighted by Crippen LogP contribution is -2.31. The Kier molecular flexibility index (Phi) is 4.56. The molecule has 3 heterocycles. The Morgan fingerprint density at radius 3 is 2.67 bits per heavy atom. The molecular weight excluding hydrogens is 389 g/mol. The first-order valence-electron chi connectivity index (χ1n) is 8.96. The summed E-state index contributed by atoms with van der Waals surface area (Å²) in [4.78, 5) is 4.01. The monoisotopic (exact) mass is 411 g/mol. The van der Waals surface area contributed by atoms with Gasteiger partial charge in [-0.05, 0) is 58.4 Å². The maximum absolute atomic E-state index is 6.22. The molecule has 3 atom stereocenters. The lowest BCUT2D eigenvalue weighted by molar-refractivity contribution is -0.150. The fraction of sp³-hybridized carbons (Fsp3) is 0.579. The summed E-state index contributed by atoms with van der Waals surface area (Å²) in [6.45, 7) is 10.5. The number of hydrogen-bond acceptors (Lipinski definition) is 5. The highest BCUT2D eigenvalue weighted by Gasteiger charge is 2.51. The van der Waals surface area contributed by atoms with E-state index in [4.69, 9.17) is 37.4 Å². The Hall–Kier alpha value is -1.18. The third kappa shape index (κ3) is 3.61. The van der Waals surface area contributed by atoms with Crippen LogP contribution in [0.5, 0.6) is 0 Å². The first-order valence-corrected chi connectivity index (χ1v) is 9.72. The van der Waals surface area contributed by atoms with Crippen LogP contribution in [0.2, 0.25) is 10.4 Å². The van der Waals surface area contributed by atoms with E-state index in [1.165, 1.54) is 0 Å². The summed E-state index contributed by atoms with van der Waals surface area (Å²) in [5.74, 6) is -0.587. The van der Waals surface area contributed by atoms with Crippen molar-refractivity contribution in [2.75, 3.05) is 6.61 Å². The minimum atomic E-state index is -0.661. The fourth-order valence-corrected chi connectivity index (χ4v) is 4.06. The van der Waals surface area contributed by atoms with Crippen LogP contribution in [0.15, 0.2) is 18.2 Å². The van der Waals surface area contributed by atoms with Gasteiger partial charge in [0.15, 0.2) is 10.9 Å². The van der Waals surface area contributed by atoms with Crippen molar-refractivity contribution in [1.29, 1.82) is 0 Å². The summed E-state index contributed by atoms with van der Waals surface area (Å²) in [6, 6.07) is 3.83. The summed E-state index contributed by atoms with van der Waals surface area (Å²) in [7, 11) is 0. The van der Waals surface area contributed by atoms with Gasteiger partial charge in [0.05, 0.1) is 24.0 Å². The van der Waals surface area contributed by atoms with Crippen LogP contribution in [0.1, 0.15) is 40.3 Å². The second kappa shape index (κ2) is 6.42. The highest BCUT2D eigenvalue weighted by Crippen LogP contribution is 2.45. The molecule has 1 aliphatic heterocycles. The van der Waals surface area contributed by atoms with Gasteiger partial charge in [-0.25, -0.2) is 9.50 Å². The SMILES string of the molecule is CC(C)(C)OC[C@H]1C=C(c2ccc3c(Cl)nc(Cl)nn23)[C@@H]2OC(C)(C)O[C@H]12. The molecule has 1 fully saturated rings. The standard InChI is InChI=1S/C19H23Cl2N3O3/c1-18(2,3)25-9-10-8-11(15-14(10)26-19(4,5)27-15)12-6-7-13-16(20)22-17(21)23-24(12)13/h6-8,10,14-15H,9H2,1-5H3/t10-,14-,15+/m1/s1.